The second kappa shape index (κ2) is 8.13. The van der Waals surface area contributed by atoms with Gasteiger partial charge in [-0.05, 0) is 65.8 Å². The van der Waals surface area contributed by atoms with Gasteiger partial charge in [0, 0.05) is 18.6 Å². The number of likely N-dealkylation sites (N-methyl/N-ethyl adjacent to an activating group) is 1. The molecule has 1 saturated heterocycles. The van der Waals surface area contributed by atoms with Crippen molar-refractivity contribution in [3.63, 3.8) is 0 Å². The summed E-state index contributed by atoms with van der Waals surface area (Å²) in [6, 6.07) is 1.36. The van der Waals surface area contributed by atoms with E-state index in [1.165, 1.54) is 32.5 Å². The Labute approximate surface area is 114 Å². The van der Waals surface area contributed by atoms with Gasteiger partial charge >= 0.3 is 0 Å². The highest BCUT2D eigenvalue weighted by Crippen LogP contribution is 2.17. The van der Waals surface area contributed by atoms with Gasteiger partial charge in [-0.1, -0.05) is 13.8 Å². The first-order valence-corrected chi connectivity index (χ1v) is 7.71. The monoisotopic (exact) mass is 255 g/mol. The van der Waals surface area contributed by atoms with Crippen molar-refractivity contribution < 1.29 is 0 Å². The molecule has 1 N–H and O–H groups in total. The number of hydrogen-bond donors (Lipinski definition) is 1. The molecular formula is C15H33N3. The van der Waals surface area contributed by atoms with Gasteiger partial charge in [-0.15, -0.1) is 0 Å². The molecule has 1 rings (SSSR count). The van der Waals surface area contributed by atoms with E-state index in [0.717, 1.165) is 19.0 Å². The molecule has 0 aromatic rings. The van der Waals surface area contributed by atoms with Crippen LogP contribution in [0.5, 0.6) is 0 Å². The van der Waals surface area contributed by atoms with E-state index in [4.69, 9.17) is 0 Å². The fourth-order valence-corrected chi connectivity index (χ4v) is 3.00. The van der Waals surface area contributed by atoms with Crippen LogP contribution in [0.25, 0.3) is 0 Å². The standard InChI is InChI=1S/C15H33N3/c1-6-8-16-11-13(2)15(4)18-10-7-9-17(5)12-14(18)3/h13-16H,6-12H2,1-5H3. The molecule has 0 radical (unpaired) electrons. The van der Waals surface area contributed by atoms with Gasteiger partial charge in [0.25, 0.3) is 0 Å². The predicted molar refractivity (Wildman–Crippen MR) is 80.1 cm³/mol. The van der Waals surface area contributed by atoms with E-state index < -0.39 is 0 Å². The van der Waals surface area contributed by atoms with Crippen LogP contribution in [-0.4, -0.2) is 61.7 Å². The Morgan fingerprint density at radius 2 is 2.00 bits per heavy atom. The molecule has 3 heteroatoms. The average Bonchev–Trinajstić information content (AvgIpc) is 2.49. The van der Waals surface area contributed by atoms with Crippen molar-refractivity contribution in [2.24, 2.45) is 5.92 Å². The third-order valence-corrected chi connectivity index (χ3v) is 4.34. The van der Waals surface area contributed by atoms with Crippen LogP contribution in [0.2, 0.25) is 0 Å². The largest absolute Gasteiger partial charge is 0.316 e. The minimum absolute atomic E-state index is 0.677. The van der Waals surface area contributed by atoms with E-state index in [9.17, 15) is 0 Å². The summed E-state index contributed by atoms with van der Waals surface area (Å²) in [6.45, 7) is 15.4. The summed E-state index contributed by atoms with van der Waals surface area (Å²) >= 11 is 0. The molecule has 3 unspecified atom stereocenters. The molecule has 18 heavy (non-hydrogen) atoms. The molecule has 0 amide bonds. The average molecular weight is 255 g/mol. The molecular weight excluding hydrogens is 222 g/mol. The molecule has 1 heterocycles. The van der Waals surface area contributed by atoms with Crippen molar-refractivity contribution in [3.05, 3.63) is 0 Å². The Kier molecular flexibility index (Phi) is 7.20. The molecule has 3 nitrogen and oxygen atoms in total. The molecule has 1 aliphatic rings. The third-order valence-electron chi connectivity index (χ3n) is 4.34. The van der Waals surface area contributed by atoms with E-state index in [0.29, 0.717) is 12.1 Å². The first-order valence-electron chi connectivity index (χ1n) is 7.71. The van der Waals surface area contributed by atoms with Crippen LogP contribution in [0.3, 0.4) is 0 Å². The molecule has 0 spiro atoms. The van der Waals surface area contributed by atoms with E-state index in [-0.39, 0.29) is 0 Å². The lowest BCUT2D eigenvalue weighted by Gasteiger charge is -2.37. The Balaban J connectivity index is 2.45. The lowest BCUT2D eigenvalue weighted by molar-refractivity contribution is 0.116. The summed E-state index contributed by atoms with van der Waals surface area (Å²) < 4.78 is 0. The maximum Gasteiger partial charge on any atom is 0.0197 e. The Hall–Kier alpha value is -0.120. The highest BCUT2D eigenvalue weighted by atomic mass is 15.2. The third kappa shape index (κ3) is 4.87. The van der Waals surface area contributed by atoms with Crippen LogP contribution in [-0.2, 0) is 0 Å². The smallest absolute Gasteiger partial charge is 0.0197 e. The number of rotatable bonds is 6. The highest BCUT2D eigenvalue weighted by Gasteiger charge is 2.26. The number of nitrogens with zero attached hydrogens (tertiary/aromatic N) is 2. The maximum atomic E-state index is 3.56. The molecule has 1 aliphatic heterocycles. The summed E-state index contributed by atoms with van der Waals surface area (Å²) in [6.07, 6.45) is 2.53. The summed E-state index contributed by atoms with van der Waals surface area (Å²) in [4.78, 5) is 5.18. The molecule has 1 fully saturated rings. The van der Waals surface area contributed by atoms with E-state index in [1.807, 2.05) is 0 Å². The van der Waals surface area contributed by atoms with Gasteiger partial charge in [0.05, 0.1) is 0 Å². The summed E-state index contributed by atoms with van der Waals surface area (Å²) in [7, 11) is 2.25. The summed E-state index contributed by atoms with van der Waals surface area (Å²) in [5, 5.41) is 3.56. The normalized spacial score (nSPS) is 26.8. The topological polar surface area (TPSA) is 18.5 Å². The van der Waals surface area contributed by atoms with Crippen molar-refractivity contribution in [1.29, 1.82) is 0 Å². The highest BCUT2D eigenvalue weighted by molar-refractivity contribution is 4.82. The zero-order chi connectivity index (χ0) is 13.5. The van der Waals surface area contributed by atoms with Crippen molar-refractivity contribution in [3.8, 4) is 0 Å². The van der Waals surface area contributed by atoms with Crippen LogP contribution in [0, 0.1) is 5.92 Å². The molecule has 108 valence electrons. The van der Waals surface area contributed by atoms with Crippen molar-refractivity contribution in [2.75, 3.05) is 39.8 Å². The van der Waals surface area contributed by atoms with Gasteiger partial charge < -0.3 is 10.2 Å². The van der Waals surface area contributed by atoms with Crippen LogP contribution in [0.4, 0.5) is 0 Å². The van der Waals surface area contributed by atoms with Crippen molar-refractivity contribution >= 4 is 0 Å². The molecule has 0 aromatic carbocycles. The fraction of sp³-hybridized carbons (Fsp3) is 1.00. The van der Waals surface area contributed by atoms with Crippen LogP contribution < -0.4 is 5.32 Å². The number of hydrogen-bond acceptors (Lipinski definition) is 3. The zero-order valence-corrected chi connectivity index (χ0v) is 13.1. The molecule has 0 aromatic heterocycles. The molecule has 0 aliphatic carbocycles. The van der Waals surface area contributed by atoms with Crippen LogP contribution in [0.1, 0.15) is 40.5 Å². The minimum atomic E-state index is 0.677. The van der Waals surface area contributed by atoms with Gasteiger partial charge in [0.1, 0.15) is 0 Å². The number of nitrogens with one attached hydrogen (secondary N) is 1. The fourth-order valence-electron chi connectivity index (χ4n) is 3.00. The summed E-state index contributed by atoms with van der Waals surface area (Å²) in [5.41, 5.74) is 0. The SMILES string of the molecule is CCCNCC(C)C(C)N1CCCN(C)CC1C. The second-order valence-electron chi connectivity index (χ2n) is 6.12. The van der Waals surface area contributed by atoms with Crippen LogP contribution in [0.15, 0.2) is 0 Å². The lowest BCUT2D eigenvalue weighted by atomic mass is 10.00. The van der Waals surface area contributed by atoms with Gasteiger partial charge in [0.15, 0.2) is 0 Å². The lowest BCUT2D eigenvalue weighted by Crippen LogP contribution is -2.47. The first kappa shape index (κ1) is 15.9. The quantitative estimate of drug-likeness (QED) is 0.733. The first-order chi connectivity index (χ1) is 8.56. The van der Waals surface area contributed by atoms with Crippen LogP contribution >= 0.6 is 0 Å². The Morgan fingerprint density at radius 3 is 2.67 bits per heavy atom. The molecule has 0 bridgehead atoms. The van der Waals surface area contributed by atoms with Gasteiger partial charge in [-0.25, -0.2) is 0 Å². The summed E-state index contributed by atoms with van der Waals surface area (Å²) in [5.74, 6) is 0.724. The Morgan fingerprint density at radius 1 is 1.28 bits per heavy atom. The van der Waals surface area contributed by atoms with E-state index in [1.54, 1.807) is 0 Å². The van der Waals surface area contributed by atoms with Gasteiger partial charge in [0.2, 0.25) is 0 Å². The van der Waals surface area contributed by atoms with E-state index in [2.05, 4.69) is 49.9 Å². The predicted octanol–water partition coefficient (Wildman–Crippen LogP) is 2.04. The second-order valence-corrected chi connectivity index (χ2v) is 6.12. The zero-order valence-electron chi connectivity index (χ0n) is 13.1. The molecule has 0 saturated carbocycles. The van der Waals surface area contributed by atoms with Crippen molar-refractivity contribution in [2.45, 2.75) is 52.6 Å². The minimum Gasteiger partial charge on any atom is -0.316 e. The maximum absolute atomic E-state index is 3.56. The Bertz CT molecular complexity index is 220. The molecule has 3 atom stereocenters. The van der Waals surface area contributed by atoms with Gasteiger partial charge in [-0.2, -0.15) is 0 Å². The van der Waals surface area contributed by atoms with E-state index >= 15 is 0 Å². The van der Waals surface area contributed by atoms with Crippen molar-refractivity contribution in [1.82, 2.24) is 15.1 Å². The van der Waals surface area contributed by atoms with Gasteiger partial charge in [-0.3, -0.25) is 4.90 Å².